The Labute approximate surface area is 184 Å². The number of nitrogens with zero attached hydrogens (tertiary/aromatic N) is 1. The number of ether oxygens (including phenoxy) is 1. The summed E-state index contributed by atoms with van der Waals surface area (Å²) in [6.45, 7) is 0. The molecule has 0 spiro atoms. The van der Waals surface area contributed by atoms with Gasteiger partial charge in [0.05, 0.1) is 5.56 Å². The van der Waals surface area contributed by atoms with E-state index >= 15 is 0 Å². The topological polar surface area (TPSA) is 173 Å². The Morgan fingerprint density at radius 3 is 2.27 bits per heavy atom. The zero-order valence-electron chi connectivity index (χ0n) is 16.7. The number of esters is 1. The Hall–Kier alpha value is -4.99. The summed E-state index contributed by atoms with van der Waals surface area (Å²) in [5.74, 6) is -4.81. The van der Waals surface area contributed by atoms with Gasteiger partial charge < -0.3 is 25.7 Å². The molecule has 2 aromatic carbocycles. The molecular weight excluding hydrogens is 430 g/mol. The summed E-state index contributed by atoms with van der Waals surface area (Å²) < 4.78 is 5.61. The van der Waals surface area contributed by atoms with Gasteiger partial charge in [-0.05, 0) is 24.3 Å². The molecule has 0 aliphatic carbocycles. The van der Waals surface area contributed by atoms with Gasteiger partial charge in [0.15, 0.2) is 5.75 Å². The number of carbonyl (C=O) groups excluding carboxylic acids is 1. The van der Waals surface area contributed by atoms with Crippen LogP contribution in [0.25, 0.3) is 22.0 Å². The SMILES string of the molecule is Nc1[nH]c(=O)c(C(=O)O)c(-c2ccc3cccnc3c2OC(=O)c2ccccc2)c1C(=O)O. The van der Waals surface area contributed by atoms with Crippen LogP contribution in [0.1, 0.15) is 31.1 Å². The molecule has 10 heteroatoms. The van der Waals surface area contributed by atoms with Crippen molar-refractivity contribution in [2.24, 2.45) is 0 Å². The number of rotatable bonds is 5. The highest BCUT2D eigenvalue weighted by atomic mass is 16.5. The van der Waals surface area contributed by atoms with Crippen LogP contribution in [0.15, 0.2) is 65.6 Å². The molecule has 0 saturated carbocycles. The summed E-state index contributed by atoms with van der Waals surface area (Å²) in [6, 6.07) is 14.2. The number of nitrogen functional groups attached to an aromatic ring is 1. The maximum atomic E-state index is 12.8. The monoisotopic (exact) mass is 445 g/mol. The number of hydrogen-bond acceptors (Lipinski definition) is 7. The number of benzene rings is 2. The van der Waals surface area contributed by atoms with E-state index < -0.39 is 46.0 Å². The summed E-state index contributed by atoms with van der Waals surface area (Å²) in [5, 5.41) is 20.0. The highest BCUT2D eigenvalue weighted by Gasteiger charge is 2.30. The van der Waals surface area contributed by atoms with E-state index in [1.807, 2.05) is 4.98 Å². The lowest BCUT2D eigenvalue weighted by Crippen LogP contribution is -2.24. The normalized spacial score (nSPS) is 10.7. The van der Waals surface area contributed by atoms with Gasteiger partial charge in [0.1, 0.15) is 22.5 Å². The van der Waals surface area contributed by atoms with Crippen LogP contribution in [0.2, 0.25) is 0 Å². The first kappa shape index (κ1) is 21.2. The lowest BCUT2D eigenvalue weighted by atomic mass is 9.93. The van der Waals surface area contributed by atoms with Gasteiger partial charge in [-0.15, -0.1) is 0 Å². The highest BCUT2D eigenvalue weighted by molar-refractivity contribution is 6.10. The van der Waals surface area contributed by atoms with Crippen LogP contribution >= 0.6 is 0 Å². The predicted octanol–water partition coefficient (Wildman–Crippen LogP) is 2.79. The smallest absolute Gasteiger partial charge is 0.343 e. The van der Waals surface area contributed by atoms with Crippen molar-refractivity contribution in [3.05, 3.63) is 87.8 Å². The van der Waals surface area contributed by atoms with E-state index in [4.69, 9.17) is 10.5 Å². The van der Waals surface area contributed by atoms with Crippen molar-refractivity contribution in [3.8, 4) is 16.9 Å². The molecule has 4 rings (SSSR count). The third kappa shape index (κ3) is 3.76. The molecule has 0 fully saturated rings. The van der Waals surface area contributed by atoms with Gasteiger partial charge in [0, 0.05) is 22.7 Å². The molecule has 0 atom stereocenters. The standard InChI is InChI=1S/C23H15N3O7/c24-19-15(21(28)29)14(16(22(30)31)20(27)26-19)13-9-8-11-7-4-10-25-17(11)18(13)33-23(32)12-5-2-1-3-6-12/h1-10H,(H,28,29)(H,30,31)(H3,24,26,27). The summed E-state index contributed by atoms with van der Waals surface area (Å²) in [5.41, 5.74) is 2.81. The molecule has 5 N–H and O–H groups in total. The number of carboxylic acids is 2. The van der Waals surface area contributed by atoms with Crippen LogP contribution in [-0.4, -0.2) is 38.1 Å². The minimum atomic E-state index is -1.68. The van der Waals surface area contributed by atoms with E-state index in [9.17, 15) is 29.4 Å². The lowest BCUT2D eigenvalue weighted by molar-refractivity contribution is 0.0694. The van der Waals surface area contributed by atoms with Gasteiger partial charge in [0.2, 0.25) is 0 Å². The zero-order chi connectivity index (χ0) is 23.7. The molecule has 10 nitrogen and oxygen atoms in total. The Bertz CT molecular complexity index is 1490. The average Bonchev–Trinajstić information content (AvgIpc) is 2.78. The maximum Gasteiger partial charge on any atom is 0.343 e. The zero-order valence-corrected chi connectivity index (χ0v) is 16.7. The van der Waals surface area contributed by atoms with Crippen molar-refractivity contribution >= 4 is 34.6 Å². The number of aromatic amines is 1. The average molecular weight is 445 g/mol. The molecule has 0 aliphatic heterocycles. The molecule has 0 amide bonds. The predicted molar refractivity (Wildman–Crippen MR) is 118 cm³/mol. The van der Waals surface area contributed by atoms with E-state index in [0.717, 1.165) is 0 Å². The number of nitrogens with one attached hydrogen (secondary N) is 1. The summed E-state index contributed by atoms with van der Waals surface area (Å²) >= 11 is 0. The van der Waals surface area contributed by atoms with E-state index in [1.54, 1.807) is 30.3 Å². The quantitative estimate of drug-likeness (QED) is 0.266. The van der Waals surface area contributed by atoms with Crippen molar-refractivity contribution in [1.29, 1.82) is 0 Å². The van der Waals surface area contributed by atoms with Crippen LogP contribution in [0.5, 0.6) is 5.75 Å². The van der Waals surface area contributed by atoms with Gasteiger partial charge >= 0.3 is 17.9 Å². The molecule has 2 aromatic heterocycles. The Morgan fingerprint density at radius 1 is 0.909 bits per heavy atom. The second-order valence-electron chi connectivity index (χ2n) is 6.88. The number of pyridine rings is 2. The Balaban J connectivity index is 2.09. The number of H-pyrrole nitrogens is 1. The van der Waals surface area contributed by atoms with Crippen molar-refractivity contribution in [2.75, 3.05) is 5.73 Å². The number of hydrogen-bond donors (Lipinski definition) is 4. The number of fused-ring (bicyclic) bond motifs is 1. The van der Waals surface area contributed by atoms with Crippen LogP contribution < -0.4 is 16.0 Å². The first-order valence-electron chi connectivity index (χ1n) is 9.47. The molecule has 0 saturated heterocycles. The molecule has 0 unspecified atom stereocenters. The third-order valence-corrected chi connectivity index (χ3v) is 4.87. The molecule has 33 heavy (non-hydrogen) atoms. The van der Waals surface area contributed by atoms with Crippen LogP contribution in [0.3, 0.4) is 0 Å². The molecule has 2 heterocycles. The van der Waals surface area contributed by atoms with E-state index in [0.29, 0.717) is 5.39 Å². The molecule has 0 aliphatic rings. The lowest BCUT2D eigenvalue weighted by Gasteiger charge is -2.17. The van der Waals surface area contributed by atoms with Gasteiger partial charge in [-0.25, -0.2) is 14.4 Å². The Morgan fingerprint density at radius 2 is 1.61 bits per heavy atom. The number of carbonyl (C=O) groups is 3. The second-order valence-corrected chi connectivity index (χ2v) is 6.88. The number of nitrogens with two attached hydrogens (primary N) is 1. The first-order chi connectivity index (χ1) is 15.8. The van der Waals surface area contributed by atoms with Crippen molar-refractivity contribution < 1.29 is 29.3 Å². The van der Waals surface area contributed by atoms with Gasteiger partial charge in [-0.3, -0.25) is 9.78 Å². The van der Waals surface area contributed by atoms with E-state index in [1.165, 1.54) is 30.5 Å². The number of aromatic nitrogens is 2. The Kier molecular flexibility index (Phi) is 5.32. The van der Waals surface area contributed by atoms with Crippen LogP contribution in [0, 0.1) is 0 Å². The number of aromatic carboxylic acids is 2. The van der Waals surface area contributed by atoms with E-state index in [-0.39, 0.29) is 22.4 Å². The van der Waals surface area contributed by atoms with Crippen molar-refractivity contribution in [1.82, 2.24) is 9.97 Å². The van der Waals surface area contributed by atoms with Crippen molar-refractivity contribution in [3.63, 3.8) is 0 Å². The fourth-order valence-corrected chi connectivity index (χ4v) is 3.46. The van der Waals surface area contributed by atoms with E-state index in [2.05, 4.69) is 4.98 Å². The molecule has 4 aromatic rings. The number of carboxylic acid groups (broad SMARTS) is 2. The maximum absolute atomic E-state index is 12.8. The van der Waals surface area contributed by atoms with Gasteiger partial charge in [-0.2, -0.15) is 0 Å². The molecule has 0 radical (unpaired) electrons. The van der Waals surface area contributed by atoms with Crippen molar-refractivity contribution in [2.45, 2.75) is 0 Å². The van der Waals surface area contributed by atoms with Crippen LogP contribution in [-0.2, 0) is 0 Å². The minimum absolute atomic E-state index is 0.141. The highest BCUT2D eigenvalue weighted by Crippen LogP contribution is 2.40. The fourth-order valence-electron chi connectivity index (χ4n) is 3.46. The minimum Gasteiger partial charge on any atom is -0.478 e. The largest absolute Gasteiger partial charge is 0.478 e. The number of anilines is 1. The molecule has 164 valence electrons. The summed E-state index contributed by atoms with van der Waals surface area (Å²) in [4.78, 5) is 55.5. The first-order valence-corrected chi connectivity index (χ1v) is 9.47. The van der Waals surface area contributed by atoms with Crippen LogP contribution in [0.4, 0.5) is 5.82 Å². The summed E-state index contributed by atoms with van der Waals surface area (Å²) in [7, 11) is 0. The molecule has 0 bridgehead atoms. The fraction of sp³-hybridized carbons (Fsp3) is 0. The summed E-state index contributed by atoms with van der Waals surface area (Å²) in [6.07, 6.45) is 1.42. The second kappa shape index (κ2) is 8.27. The molecular formula is C23H15N3O7. The van der Waals surface area contributed by atoms with Gasteiger partial charge in [0.25, 0.3) is 5.56 Å². The third-order valence-electron chi connectivity index (χ3n) is 4.87. The van der Waals surface area contributed by atoms with Gasteiger partial charge in [-0.1, -0.05) is 30.3 Å².